The maximum absolute atomic E-state index is 13.1. The maximum atomic E-state index is 13.1. The molecule has 1 saturated carbocycles. The lowest BCUT2D eigenvalue weighted by Gasteiger charge is -2.35. The van der Waals surface area contributed by atoms with Crippen LogP contribution < -0.4 is 5.32 Å². The largest absolute Gasteiger partial charge is 0.416 e. The predicted molar refractivity (Wildman–Crippen MR) is 112 cm³/mol. The van der Waals surface area contributed by atoms with Gasteiger partial charge in [-0.15, -0.1) is 0 Å². The van der Waals surface area contributed by atoms with E-state index in [1.807, 2.05) is 0 Å². The molecule has 2 heterocycles. The molecule has 2 unspecified atom stereocenters. The molecule has 1 aliphatic carbocycles. The van der Waals surface area contributed by atoms with Gasteiger partial charge in [0.1, 0.15) is 0 Å². The topological polar surface area (TPSA) is 50.2 Å². The number of alkyl halides is 3. The van der Waals surface area contributed by atoms with E-state index < -0.39 is 11.7 Å². The number of likely N-dealkylation sites (tertiary alicyclic amines) is 1. The molecule has 31 heavy (non-hydrogen) atoms. The molecular formula is C23H29F3N4O. The molecule has 8 heteroatoms. The van der Waals surface area contributed by atoms with E-state index in [2.05, 4.69) is 29.2 Å². The number of hydrogen-bond acceptors (Lipinski definition) is 3. The summed E-state index contributed by atoms with van der Waals surface area (Å²) in [7, 11) is 0. The van der Waals surface area contributed by atoms with Crippen LogP contribution in [0.25, 0.3) is 5.69 Å². The molecule has 1 aromatic heterocycles. The second kappa shape index (κ2) is 8.65. The van der Waals surface area contributed by atoms with Gasteiger partial charge in [0.2, 0.25) is 0 Å². The Morgan fingerprint density at radius 1 is 1.29 bits per heavy atom. The number of carbonyl (C=O) groups excluding carboxylic acids is 1. The molecule has 1 saturated heterocycles. The van der Waals surface area contributed by atoms with E-state index in [0.717, 1.165) is 38.1 Å². The van der Waals surface area contributed by atoms with Gasteiger partial charge in [-0.2, -0.15) is 18.3 Å². The fourth-order valence-electron chi connectivity index (χ4n) is 4.39. The quantitative estimate of drug-likeness (QED) is 0.722. The highest BCUT2D eigenvalue weighted by molar-refractivity contribution is 5.95. The number of hydrogen-bond donors (Lipinski definition) is 1. The first-order valence-corrected chi connectivity index (χ1v) is 11.0. The van der Waals surface area contributed by atoms with Crippen LogP contribution in [0, 0.1) is 5.92 Å². The summed E-state index contributed by atoms with van der Waals surface area (Å²) in [5.41, 5.74) is 0.763. The van der Waals surface area contributed by atoms with E-state index in [0.29, 0.717) is 29.4 Å². The first-order chi connectivity index (χ1) is 14.7. The number of amides is 1. The Morgan fingerprint density at radius 2 is 2.06 bits per heavy atom. The third-order valence-electron chi connectivity index (χ3n) is 6.30. The van der Waals surface area contributed by atoms with E-state index in [1.54, 1.807) is 6.07 Å². The van der Waals surface area contributed by atoms with Crippen molar-refractivity contribution < 1.29 is 18.0 Å². The van der Waals surface area contributed by atoms with E-state index in [4.69, 9.17) is 0 Å². The van der Waals surface area contributed by atoms with Gasteiger partial charge in [-0.05, 0) is 63.3 Å². The summed E-state index contributed by atoms with van der Waals surface area (Å²) in [5, 5.41) is 7.32. The standard InChI is InChI=1S/C23H29F3N4O/c1-15-5-4-10-29(14-15)16(2)12-27-22(31)20-13-28-30(21(20)17-8-9-17)19-7-3-6-18(11-19)23(24,25)26/h3,6-7,11,13,15-17H,4-5,8-10,12,14H2,1-2H3,(H,27,31). The number of halogens is 3. The fraction of sp³-hybridized carbons (Fsp3) is 0.565. The van der Waals surface area contributed by atoms with Crippen LogP contribution in [0.1, 0.15) is 67.1 Å². The Kier molecular flexibility index (Phi) is 6.10. The van der Waals surface area contributed by atoms with Crippen molar-refractivity contribution in [3.05, 3.63) is 47.3 Å². The monoisotopic (exact) mass is 434 g/mol. The average molecular weight is 435 g/mol. The highest BCUT2D eigenvalue weighted by atomic mass is 19.4. The zero-order chi connectivity index (χ0) is 22.2. The van der Waals surface area contributed by atoms with Crippen LogP contribution in [0.15, 0.2) is 30.5 Å². The Morgan fingerprint density at radius 3 is 2.74 bits per heavy atom. The van der Waals surface area contributed by atoms with Gasteiger partial charge in [-0.3, -0.25) is 9.69 Å². The molecule has 4 rings (SSSR count). The van der Waals surface area contributed by atoms with Crippen molar-refractivity contribution in [1.29, 1.82) is 0 Å². The SMILES string of the molecule is CC1CCCN(C(C)CNC(=O)c2cnn(-c3cccc(C(F)(F)F)c3)c2C2CC2)C1. The van der Waals surface area contributed by atoms with Gasteiger partial charge in [0.25, 0.3) is 5.91 Å². The van der Waals surface area contributed by atoms with Crippen LogP contribution in [0.5, 0.6) is 0 Å². The number of rotatable bonds is 6. The summed E-state index contributed by atoms with van der Waals surface area (Å²) >= 11 is 0. The highest BCUT2D eigenvalue weighted by Crippen LogP contribution is 2.42. The van der Waals surface area contributed by atoms with E-state index in [1.165, 1.54) is 29.8 Å². The molecule has 2 atom stereocenters. The zero-order valence-corrected chi connectivity index (χ0v) is 18.0. The molecule has 168 valence electrons. The summed E-state index contributed by atoms with van der Waals surface area (Å²) < 4.78 is 40.9. The van der Waals surface area contributed by atoms with Gasteiger partial charge in [-0.25, -0.2) is 4.68 Å². The fourth-order valence-corrected chi connectivity index (χ4v) is 4.39. The molecule has 0 radical (unpaired) electrons. The van der Waals surface area contributed by atoms with Crippen LogP contribution in [-0.4, -0.2) is 46.3 Å². The van der Waals surface area contributed by atoms with Crippen LogP contribution in [0.2, 0.25) is 0 Å². The average Bonchev–Trinajstić information content (AvgIpc) is 3.48. The molecule has 1 aromatic carbocycles. The molecule has 2 aliphatic rings. The van der Waals surface area contributed by atoms with Gasteiger partial charge in [-0.1, -0.05) is 13.0 Å². The molecule has 5 nitrogen and oxygen atoms in total. The highest BCUT2D eigenvalue weighted by Gasteiger charge is 2.34. The van der Waals surface area contributed by atoms with Gasteiger partial charge < -0.3 is 5.32 Å². The van der Waals surface area contributed by atoms with Crippen molar-refractivity contribution >= 4 is 5.91 Å². The Balaban J connectivity index is 1.51. The summed E-state index contributed by atoms with van der Waals surface area (Å²) in [6.45, 7) is 6.98. The molecule has 2 fully saturated rings. The van der Waals surface area contributed by atoms with Crippen LogP contribution in [-0.2, 0) is 6.18 Å². The zero-order valence-electron chi connectivity index (χ0n) is 18.0. The third kappa shape index (κ3) is 4.95. The van der Waals surface area contributed by atoms with Gasteiger partial charge >= 0.3 is 6.18 Å². The Bertz CT molecular complexity index is 935. The summed E-state index contributed by atoms with van der Waals surface area (Å²) in [4.78, 5) is 15.4. The van der Waals surface area contributed by atoms with E-state index >= 15 is 0 Å². The summed E-state index contributed by atoms with van der Waals surface area (Å²) in [6.07, 6.45) is 1.30. The Hall–Kier alpha value is -2.35. The minimum atomic E-state index is -4.43. The lowest BCUT2D eigenvalue weighted by Crippen LogP contribution is -2.46. The normalized spacial score (nSPS) is 21.1. The lowest BCUT2D eigenvalue weighted by atomic mass is 9.99. The predicted octanol–water partition coefficient (Wildman–Crippen LogP) is 4.62. The first kappa shape index (κ1) is 21.9. The minimum Gasteiger partial charge on any atom is -0.350 e. The van der Waals surface area contributed by atoms with E-state index in [-0.39, 0.29) is 17.9 Å². The smallest absolute Gasteiger partial charge is 0.350 e. The molecule has 2 aromatic rings. The van der Waals surface area contributed by atoms with Crippen molar-refractivity contribution in [2.45, 2.75) is 57.7 Å². The minimum absolute atomic E-state index is 0.151. The number of benzene rings is 1. The second-order valence-corrected chi connectivity index (χ2v) is 8.98. The van der Waals surface area contributed by atoms with Crippen molar-refractivity contribution in [2.75, 3.05) is 19.6 Å². The van der Waals surface area contributed by atoms with Crippen LogP contribution >= 0.6 is 0 Å². The second-order valence-electron chi connectivity index (χ2n) is 8.98. The van der Waals surface area contributed by atoms with Crippen molar-refractivity contribution in [3.63, 3.8) is 0 Å². The molecule has 1 N–H and O–H groups in total. The summed E-state index contributed by atoms with van der Waals surface area (Å²) in [5.74, 6) is 0.606. The lowest BCUT2D eigenvalue weighted by molar-refractivity contribution is -0.137. The van der Waals surface area contributed by atoms with Gasteiger partial charge in [0.05, 0.1) is 28.7 Å². The molecule has 1 aliphatic heterocycles. The van der Waals surface area contributed by atoms with Crippen LogP contribution in [0.3, 0.4) is 0 Å². The summed E-state index contributed by atoms with van der Waals surface area (Å²) in [6, 6.07) is 5.32. The van der Waals surface area contributed by atoms with Gasteiger partial charge in [0.15, 0.2) is 0 Å². The van der Waals surface area contributed by atoms with Gasteiger partial charge in [0, 0.05) is 25.0 Å². The third-order valence-corrected chi connectivity index (χ3v) is 6.30. The number of aromatic nitrogens is 2. The van der Waals surface area contributed by atoms with Crippen molar-refractivity contribution in [2.24, 2.45) is 5.92 Å². The van der Waals surface area contributed by atoms with E-state index in [9.17, 15) is 18.0 Å². The molecule has 1 amide bonds. The molecular weight excluding hydrogens is 405 g/mol. The molecule has 0 spiro atoms. The number of piperidine rings is 1. The van der Waals surface area contributed by atoms with Crippen molar-refractivity contribution in [3.8, 4) is 5.69 Å². The molecule has 0 bridgehead atoms. The number of nitrogens with zero attached hydrogens (tertiary/aromatic N) is 3. The maximum Gasteiger partial charge on any atom is 0.416 e. The van der Waals surface area contributed by atoms with Crippen molar-refractivity contribution in [1.82, 2.24) is 20.0 Å². The van der Waals surface area contributed by atoms with Crippen LogP contribution in [0.4, 0.5) is 13.2 Å². The number of nitrogens with one attached hydrogen (secondary N) is 1. The Labute approximate surface area is 180 Å². The number of carbonyl (C=O) groups is 1. The first-order valence-electron chi connectivity index (χ1n) is 11.0.